The molecule has 0 unspecified atom stereocenters. The van der Waals surface area contributed by atoms with Gasteiger partial charge in [0, 0.05) is 57.0 Å². The van der Waals surface area contributed by atoms with Gasteiger partial charge in [-0.2, -0.15) is 0 Å². The number of benzene rings is 1. The highest BCUT2D eigenvalue weighted by molar-refractivity contribution is 5.81. The van der Waals surface area contributed by atoms with Crippen LogP contribution >= 0.6 is 0 Å². The molecule has 7 heteroatoms. The number of piperazine rings is 1. The zero-order valence-corrected chi connectivity index (χ0v) is 16.3. The van der Waals surface area contributed by atoms with Crippen LogP contribution in [0.1, 0.15) is 38.2 Å². The van der Waals surface area contributed by atoms with Gasteiger partial charge < -0.3 is 15.1 Å². The van der Waals surface area contributed by atoms with Gasteiger partial charge in [0.05, 0.1) is 0 Å². The Kier molecular flexibility index (Phi) is 6.65. The van der Waals surface area contributed by atoms with Crippen LogP contribution in [0.5, 0.6) is 0 Å². The third-order valence-corrected chi connectivity index (χ3v) is 5.89. The Hall–Kier alpha value is -2.44. The third kappa shape index (κ3) is 4.88. The molecule has 2 aliphatic rings. The summed E-state index contributed by atoms with van der Waals surface area (Å²) < 4.78 is 13.7. The fraction of sp³-hybridized carbons (Fsp3) is 0.571. The first-order chi connectivity index (χ1) is 13.5. The van der Waals surface area contributed by atoms with Gasteiger partial charge >= 0.3 is 0 Å². The summed E-state index contributed by atoms with van der Waals surface area (Å²) in [5.74, 6) is -0.349. The molecule has 1 aliphatic carbocycles. The molecule has 1 saturated carbocycles. The Balaban J connectivity index is 1.42. The fourth-order valence-electron chi connectivity index (χ4n) is 4.07. The van der Waals surface area contributed by atoms with Crippen molar-refractivity contribution in [2.75, 3.05) is 26.2 Å². The normalized spacial score (nSPS) is 22.6. The molecule has 1 heterocycles. The summed E-state index contributed by atoms with van der Waals surface area (Å²) in [5, 5.41) is 2.82. The second-order valence-corrected chi connectivity index (χ2v) is 7.69. The Morgan fingerprint density at radius 2 is 1.54 bits per heavy atom. The van der Waals surface area contributed by atoms with E-state index in [1.807, 2.05) is 4.90 Å². The van der Waals surface area contributed by atoms with Crippen LogP contribution in [0.15, 0.2) is 24.3 Å². The van der Waals surface area contributed by atoms with E-state index in [-0.39, 0.29) is 41.9 Å². The molecule has 0 radical (unpaired) electrons. The molecule has 0 bridgehead atoms. The maximum Gasteiger partial charge on any atom is 0.225 e. The van der Waals surface area contributed by atoms with E-state index in [1.54, 1.807) is 30.0 Å². The quantitative estimate of drug-likeness (QED) is 0.856. The first kappa shape index (κ1) is 20.3. The second kappa shape index (κ2) is 9.17. The lowest BCUT2D eigenvalue weighted by Gasteiger charge is -2.37. The molecular formula is C21H28FN3O3. The minimum absolute atomic E-state index is 0.0421. The molecule has 152 valence electrons. The zero-order valence-electron chi connectivity index (χ0n) is 16.3. The first-order valence-corrected chi connectivity index (χ1v) is 10.0. The third-order valence-electron chi connectivity index (χ3n) is 5.89. The van der Waals surface area contributed by atoms with Crippen LogP contribution in [0.4, 0.5) is 4.39 Å². The van der Waals surface area contributed by atoms with Gasteiger partial charge in [-0.15, -0.1) is 0 Å². The van der Waals surface area contributed by atoms with Crippen LogP contribution in [0.25, 0.3) is 0 Å². The fourth-order valence-corrected chi connectivity index (χ4v) is 4.07. The molecule has 0 spiro atoms. The number of rotatable bonds is 4. The molecule has 1 aliphatic heterocycles. The van der Waals surface area contributed by atoms with Crippen LogP contribution in [0.3, 0.4) is 0 Å². The van der Waals surface area contributed by atoms with Gasteiger partial charge in [-0.1, -0.05) is 18.2 Å². The van der Waals surface area contributed by atoms with Gasteiger partial charge in [-0.25, -0.2) is 4.39 Å². The Bertz CT molecular complexity index is 723. The van der Waals surface area contributed by atoms with Crippen LogP contribution in [0, 0.1) is 17.7 Å². The van der Waals surface area contributed by atoms with E-state index < -0.39 is 0 Å². The Labute approximate surface area is 165 Å². The average Bonchev–Trinajstić information content (AvgIpc) is 2.72. The van der Waals surface area contributed by atoms with E-state index in [0.717, 1.165) is 0 Å². The predicted octanol–water partition coefficient (Wildman–Crippen LogP) is 1.94. The maximum absolute atomic E-state index is 13.7. The molecule has 3 rings (SSSR count). The number of nitrogens with one attached hydrogen (secondary N) is 1. The molecular weight excluding hydrogens is 361 g/mol. The number of carbonyl (C=O) groups excluding carboxylic acids is 3. The van der Waals surface area contributed by atoms with E-state index >= 15 is 0 Å². The highest BCUT2D eigenvalue weighted by atomic mass is 19.1. The molecule has 3 amide bonds. The number of halogens is 1. The van der Waals surface area contributed by atoms with Crippen LogP contribution in [0.2, 0.25) is 0 Å². The molecule has 6 nitrogen and oxygen atoms in total. The standard InChI is InChI=1S/C21H28FN3O3/c1-15(26)24-10-12-25(13-11-24)21(28)17-8-6-16(7-9-17)20(27)23-14-18-4-2-3-5-19(18)22/h2-5,16-17H,6-14H2,1H3,(H,23,27). The summed E-state index contributed by atoms with van der Waals surface area (Å²) in [7, 11) is 0. The van der Waals surface area contributed by atoms with Gasteiger partial charge in [0.25, 0.3) is 0 Å². The number of hydrogen-bond acceptors (Lipinski definition) is 3. The smallest absolute Gasteiger partial charge is 0.225 e. The Morgan fingerprint density at radius 3 is 2.14 bits per heavy atom. The van der Waals surface area contributed by atoms with Crippen molar-refractivity contribution < 1.29 is 18.8 Å². The first-order valence-electron chi connectivity index (χ1n) is 10.0. The molecule has 28 heavy (non-hydrogen) atoms. The van der Waals surface area contributed by atoms with Crippen molar-refractivity contribution in [3.8, 4) is 0 Å². The van der Waals surface area contributed by atoms with Crippen molar-refractivity contribution in [1.29, 1.82) is 0 Å². The monoisotopic (exact) mass is 389 g/mol. The Morgan fingerprint density at radius 1 is 0.964 bits per heavy atom. The summed E-state index contributed by atoms with van der Waals surface area (Å²) >= 11 is 0. The van der Waals surface area contributed by atoms with E-state index in [1.165, 1.54) is 6.07 Å². The zero-order chi connectivity index (χ0) is 20.1. The molecule has 2 fully saturated rings. The van der Waals surface area contributed by atoms with Crippen molar-refractivity contribution in [2.24, 2.45) is 11.8 Å². The van der Waals surface area contributed by atoms with Crippen molar-refractivity contribution >= 4 is 17.7 Å². The van der Waals surface area contributed by atoms with Gasteiger partial charge in [-0.3, -0.25) is 14.4 Å². The lowest BCUT2D eigenvalue weighted by molar-refractivity contribution is -0.143. The van der Waals surface area contributed by atoms with E-state index in [0.29, 0.717) is 57.4 Å². The number of amides is 3. The van der Waals surface area contributed by atoms with Crippen molar-refractivity contribution in [3.05, 3.63) is 35.6 Å². The second-order valence-electron chi connectivity index (χ2n) is 7.69. The average molecular weight is 389 g/mol. The predicted molar refractivity (Wildman–Crippen MR) is 103 cm³/mol. The summed E-state index contributed by atoms with van der Waals surface area (Å²) in [6.07, 6.45) is 2.74. The highest BCUT2D eigenvalue weighted by Gasteiger charge is 2.33. The topological polar surface area (TPSA) is 69.7 Å². The van der Waals surface area contributed by atoms with Gasteiger partial charge in [-0.05, 0) is 31.7 Å². The van der Waals surface area contributed by atoms with E-state index in [4.69, 9.17) is 0 Å². The molecule has 1 aromatic rings. The molecule has 0 aromatic heterocycles. The summed E-state index contributed by atoms with van der Waals surface area (Å²) in [6, 6.07) is 6.42. The van der Waals surface area contributed by atoms with Gasteiger partial charge in [0.15, 0.2) is 0 Å². The largest absolute Gasteiger partial charge is 0.352 e. The molecule has 1 N–H and O–H groups in total. The summed E-state index contributed by atoms with van der Waals surface area (Å²) in [5.41, 5.74) is 0.476. The van der Waals surface area contributed by atoms with E-state index in [2.05, 4.69) is 5.32 Å². The molecule has 1 aromatic carbocycles. The van der Waals surface area contributed by atoms with Gasteiger partial charge in [0.1, 0.15) is 5.82 Å². The van der Waals surface area contributed by atoms with Gasteiger partial charge in [0.2, 0.25) is 17.7 Å². The van der Waals surface area contributed by atoms with Crippen molar-refractivity contribution in [1.82, 2.24) is 15.1 Å². The van der Waals surface area contributed by atoms with E-state index in [9.17, 15) is 18.8 Å². The summed E-state index contributed by atoms with van der Waals surface area (Å²) in [6.45, 7) is 4.09. The number of nitrogens with zero attached hydrogens (tertiary/aromatic N) is 2. The highest BCUT2D eigenvalue weighted by Crippen LogP contribution is 2.30. The minimum Gasteiger partial charge on any atom is -0.352 e. The van der Waals surface area contributed by atoms with Crippen molar-refractivity contribution in [3.63, 3.8) is 0 Å². The number of carbonyl (C=O) groups is 3. The van der Waals surface area contributed by atoms with Crippen LogP contribution in [-0.2, 0) is 20.9 Å². The van der Waals surface area contributed by atoms with Crippen LogP contribution < -0.4 is 5.32 Å². The molecule has 1 saturated heterocycles. The maximum atomic E-state index is 13.7. The number of hydrogen-bond donors (Lipinski definition) is 1. The van der Waals surface area contributed by atoms with Crippen LogP contribution in [-0.4, -0.2) is 53.7 Å². The molecule has 0 atom stereocenters. The lowest BCUT2D eigenvalue weighted by atomic mass is 9.80. The lowest BCUT2D eigenvalue weighted by Crippen LogP contribution is -2.51. The SMILES string of the molecule is CC(=O)N1CCN(C(=O)C2CCC(C(=O)NCc3ccccc3F)CC2)CC1. The van der Waals surface area contributed by atoms with Crippen molar-refractivity contribution in [2.45, 2.75) is 39.2 Å². The minimum atomic E-state index is -0.318. The summed E-state index contributed by atoms with van der Waals surface area (Å²) in [4.78, 5) is 40.1.